The van der Waals surface area contributed by atoms with Crippen LogP contribution in [0.15, 0.2) is 65.7 Å². The number of rotatable bonds is 4. The van der Waals surface area contributed by atoms with Crippen molar-refractivity contribution in [3.63, 3.8) is 0 Å². The Hall–Kier alpha value is -3.21. The second-order valence-electron chi connectivity index (χ2n) is 6.23. The van der Waals surface area contributed by atoms with E-state index in [2.05, 4.69) is 39.6 Å². The molecule has 2 heterocycles. The van der Waals surface area contributed by atoms with Gasteiger partial charge in [-0.05, 0) is 48.1 Å². The number of nitrogens with zero attached hydrogens (tertiary/aromatic N) is 1. The van der Waals surface area contributed by atoms with E-state index >= 15 is 0 Å². The normalized spacial score (nSPS) is 13.4. The second-order valence-corrected chi connectivity index (χ2v) is 6.23. The van der Waals surface area contributed by atoms with Crippen molar-refractivity contribution in [2.24, 2.45) is 0 Å². The minimum absolute atomic E-state index is 0.243. The number of anilines is 1. The van der Waals surface area contributed by atoms with Crippen molar-refractivity contribution < 1.29 is 4.79 Å². The number of benzene rings is 1. The van der Waals surface area contributed by atoms with Gasteiger partial charge in [-0.25, -0.2) is 4.98 Å². The summed E-state index contributed by atoms with van der Waals surface area (Å²) in [5.41, 5.74) is 3.67. The van der Waals surface area contributed by atoms with Gasteiger partial charge >= 0.3 is 0 Å². The van der Waals surface area contributed by atoms with Crippen LogP contribution in [0.5, 0.6) is 0 Å². The molecule has 0 aliphatic heterocycles. The van der Waals surface area contributed by atoms with Crippen LogP contribution in [0.4, 0.5) is 5.82 Å². The van der Waals surface area contributed by atoms with E-state index in [-0.39, 0.29) is 11.5 Å². The van der Waals surface area contributed by atoms with Crippen molar-refractivity contribution in [3.8, 4) is 11.1 Å². The Balaban J connectivity index is 1.50. The largest absolute Gasteiger partial charge is 0.328 e. The number of hydrogen-bond acceptors (Lipinski definition) is 3. The lowest BCUT2D eigenvalue weighted by Crippen LogP contribution is -2.15. The summed E-state index contributed by atoms with van der Waals surface area (Å²) in [6.45, 7) is 0. The number of hydrogen-bond donors (Lipinski definition) is 2. The lowest BCUT2D eigenvalue weighted by molar-refractivity contribution is 0.102. The molecule has 1 aliphatic rings. The molecule has 0 saturated heterocycles. The molecular formula is C20H17N3O2. The van der Waals surface area contributed by atoms with Crippen LogP contribution in [-0.2, 0) is 0 Å². The maximum atomic E-state index is 12.1. The van der Waals surface area contributed by atoms with Crippen molar-refractivity contribution in [2.75, 3.05) is 5.32 Å². The first-order valence-corrected chi connectivity index (χ1v) is 8.25. The van der Waals surface area contributed by atoms with E-state index in [4.69, 9.17) is 0 Å². The highest BCUT2D eigenvalue weighted by molar-refractivity contribution is 6.03. The molecule has 0 bridgehead atoms. The van der Waals surface area contributed by atoms with Crippen LogP contribution >= 0.6 is 0 Å². The van der Waals surface area contributed by atoms with Crippen LogP contribution in [0, 0.1) is 0 Å². The lowest BCUT2D eigenvalue weighted by atomic mass is 10.0. The molecule has 1 fully saturated rings. The predicted molar refractivity (Wildman–Crippen MR) is 96.7 cm³/mol. The van der Waals surface area contributed by atoms with Gasteiger partial charge in [-0.15, -0.1) is 0 Å². The fourth-order valence-corrected chi connectivity index (χ4v) is 2.77. The molecule has 1 amide bonds. The van der Waals surface area contributed by atoms with Crippen LogP contribution in [-0.4, -0.2) is 15.9 Å². The molecule has 0 spiro atoms. The van der Waals surface area contributed by atoms with Crippen LogP contribution in [0.2, 0.25) is 0 Å². The molecule has 1 aliphatic carbocycles. The van der Waals surface area contributed by atoms with Crippen molar-refractivity contribution in [1.82, 2.24) is 9.97 Å². The average Bonchev–Trinajstić information content (AvgIpc) is 3.48. The Morgan fingerprint density at radius 3 is 2.64 bits per heavy atom. The maximum absolute atomic E-state index is 12.1. The van der Waals surface area contributed by atoms with Gasteiger partial charge in [0.25, 0.3) is 5.91 Å². The van der Waals surface area contributed by atoms with Gasteiger partial charge in [0.2, 0.25) is 5.56 Å². The molecule has 3 aromatic rings. The first kappa shape index (κ1) is 15.3. The zero-order valence-corrected chi connectivity index (χ0v) is 13.5. The monoisotopic (exact) mass is 331 g/mol. The van der Waals surface area contributed by atoms with E-state index in [1.807, 2.05) is 6.07 Å². The number of pyridine rings is 2. The third kappa shape index (κ3) is 3.50. The summed E-state index contributed by atoms with van der Waals surface area (Å²) < 4.78 is 0. The van der Waals surface area contributed by atoms with E-state index in [0.717, 1.165) is 11.1 Å². The molecule has 2 N–H and O–H groups in total. The average molecular weight is 331 g/mol. The van der Waals surface area contributed by atoms with Crippen LogP contribution in [0.1, 0.15) is 34.7 Å². The number of H-pyrrole nitrogens is 1. The summed E-state index contributed by atoms with van der Waals surface area (Å²) in [5, 5.41) is 2.72. The third-order valence-electron chi connectivity index (χ3n) is 4.32. The smallest absolute Gasteiger partial charge is 0.258 e. The minimum atomic E-state index is -0.313. The summed E-state index contributed by atoms with van der Waals surface area (Å²) in [5.74, 6) is 0.870. The van der Waals surface area contributed by atoms with Gasteiger partial charge in [0, 0.05) is 24.0 Å². The maximum Gasteiger partial charge on any atom is 0.258 e. The van der Waals surface area contributed by atoms with E-state index in [1.165, 1.54) is 36.7 Å². The van der Waals surface area contributed by atoms with E-state index in [9.17, 15) is 9.59 Å². The lowest BCUT2D eigenvalue weighted by Gasteiger charge is -2.07. The van der Waals surface area contributed by atoms with E-state index in [1.54, 1.807) is 12.3 Å². The summed E-state index contributed by atoms with van der Waals surface area (Å²) in [6, 6.07) is 15.1. The topological polar surface area (TPSA) is 74.8 Å². The Kier molecular flexibility index (Phi) is 3.90. The number of amides is 1. The Morgan fingerprint density at radius 1 is 1.08 bits per heavy atom. The number of nitrogens with one attached hydrogen (secondary N) is 2. The van der Waals surface area contributed by atoms with E-state index in [0.29, 0.717) is 17.3 Å². The molecule has 1 saturated carbocycles. The molecule has 0 atom stereocenters. The summed E-state index contributed by atoms with van der Waals surface area (Å²) >= 11 is 0. The van der Waals surface area contributed by atoms with Gasteiger partial charge in [0.05, 0.1) is 5.56 Å². The third-order valence-corrected chi connectivity index (χ3v) is 4.32. The molecule has 5 heteroatoms. The summed E-state index contributed by atoms with van der Waals surface area (Å²) in [6.07, 6.45) is 5.69. The standard InChI is InChI=1S/C20H17N3O2/c24-19-9-7-17(12-22-19)20(25)23-18-8-6-16(11-21-18)15-3-1-2-14(10-15)13-4-5-13/h1-3,6-13H,4-5H2,(H,22,24)(H,21,23,25). The van der Waals surface area contributed by atoms with Gasteiger partial charge < -0.3 is 10.3 Å². The quantitative estimate of drug-likeness (QED) is 0.767. The second kappa shape index (κ2) is 6.36. The van der Waals surface area contributed by atoms with Crippen LogP contribution < -0.4 is 10.9 Å². The van der Waals surface area contributed by atoms with Crippen molar-refractivity contribution in [2.45, 2.75) is 18.8 Å². The number of carbonyl (C=O) groups is 1. The number of carbonyl (C=O) groups excluding carboxylic acids is 1. The highest BCUT2D eigenvalue weighted by Crippen LogP contribution is 2.41. The Bertz CT molecular complexity index is 952. The minimum Gasteiger partial charge on any atom is -0.328 e. The fourth-order valence-electron chi connectivity index (χ4n) is 2.77. The first-order chi connectivity index (χ1) is 12.2. The van der Waals surface area contributed by atoms with Crippen molar-refractivity contribution >= 4 is 11.7 Å². The van der Waals surface area contributed by atoms with Gasteiger partial charge in [-0.2, -0.15) is 0 Å². The highest BCUT2D eigenvalue weighted by atomic mass is 16.2. The molecule has 0 radical (unpaired) electrons. The molecule has 2 aromatic heterocycles. The van der Waals surface area contributed by atoms with Gasteiger partial charge in [0.15, 0.2) is 0 Å². The fraction of sp³-hybridized carbons (Fsp3) is 0.150. The van der Waals surface area contributed by atoms with Gasteiger partial charge in [0.1, 0.15) is 5.82 Å². The number of aromatic amines is 1. The zero-order chi connectivity index (χ0) is 17.2. The van der Waals surface area contributed by atoms with Crippen molar-refractivity contribution in [3.05, 3.63) is 82.4 Å². The summed E-state index contributed by atoms with van der Waals surface area (Å²) in [4.78, 5) is 30.0. The molecule has 0 unspecified atom stereocenters. The predicted octanol–water partition coefficient (Wildman–Crippen LogP) is 3.57. The molecule has 124 valence electrons. The van der Waals surface area contributed by atoms with E-state index < -0.39 is 0 Å². The number of aromatic nitrogens is 2. The Labute approximate surface area is 144 Å². The van der Waals surface area contributed by atoms with Gasteiger partial charge in [-0.3, -0.25) is 9.59 Å². The van der Waals surface area contributed by atoms with Crippen LogP contribution in [0.25, 0.3) is 11.1 Å². The molecule has 1 aromatic carbocycles. The first-order valence-electron chi connectivity index (χ1n) is 8.25. The highest BCUT2D eigenvalue weighted by Gasteiger charge is 2.23. The summed E-state index contributed by atoms with van der Waals surface area (Å²) in [7, 11) is 0. The molecular weight excluding hydrogens is 314 g/mol. The van der Waals surface area contributed by atoms with Gasteiger partial charge in [-0.1, -0.05) is 24.3 Å². The molecule has 4 rings (SSSR count). The zero-order valence-electron chi connectivity index (χ0n) is 13.5. The van der Waals surface area contributed by atoms with Crippen LogP contribution in [0.3, 0.4) is 0 Å². The van der Waals surface area contributed by atoms with Crippen molar-refractivity contribution in [1.29, 1.82) is 0 Å². The molecule has 5 nitrogen and oxygen atoms in total. The Morgan fingerprint density at radius 2 is 1.96 bits per heavy atom. The molecule has 25 heavy (non-hydrogen) atoms. The SMILES string of the molecule is O=C(Nc1ccc(-c2cccc(C3CC3)c2)cn1)c1ccc(=O)[nH]c1.